The predicted molar refractivity (Wildman–Crippen MR) is 78.0 cm³/mol. The van der Waals surface area contributed by atoms with Crippen LogP contribution in [0.1, 0.15) is 11.4 Å². The smallest absolute Gasteiger partial charge is 0.132 e. The zero-order chi connectivity index (χ0) is 13.9. The maximum atomic E-state index is 4.35. The first kappa shape index (κ1) is 12.8. The molecular formula is C14H18N6. The van der Waals surface area contributed by atoms with Crippen molar-refractivity contribution >= 4 is 11.6 Å². The van der Waals surface area contributed by atoms with Crippen molar-refractivity contribution < 1.29 is 0 Å². The lowest BCUT2D eigenvalue weighted by Gasteiger charge is -2.36. The van der Waals surface area contributed by atoms with Crippen LogP contribution in [-0.4, -0.2) is 46.1 Å². The van der Waals surface area contributed by atoms with Crippen molar-refractivity contribution in [3.63, 3.8) is 0 Å². The van der Waals surface area contributed by atoms with Gasteiger partial charge in [0, 0.05) is 49.7 Å². The highest BCUT2D eigenvalue weighted by atomic mass is 15.3. The molecular weight excluding hydrogens is 252 g/mol. The van der Waals surface area contributed by atoms with E-state index in [2.05, 4.69) is 29.7 Å². The van der Waals surface area contributed by atoms with E-state index < -0.39 is 0 Å². The quantitative estimate of drug-likeness (QED) is 0.817. The summed E-state index contributed by atoms with van der Waals surface area (Å²) in [6, 6.07) is 4.06. The molecule has 6 heteroatoms. The van der Waals surface area contributed by atoms with E-state index in [1.165, 1.54) is 0 Å². The summed E-state index contributed by atoms with van der Waals surface area (Å²) >= 11 is 0. The van der Waals surface area contributed by atoms with Crippen molar-refractivity contribution in [2.24, 2.45) is 0 Å². The molecule has 0 N–H and O–H groups in total. The van der Waals surface area contributed by atoms with Crippen molar-refractivity contribution in [2.45, 2.75) is 13.8 Å². The minimum absolute atomic E-state index is 0.944. The number of anilines is 2. The van der Waals surface area contributed by atoms with Gasteiger partial charge in [-0.25, -0.2) is 19.9 Å². The molecule has 1 aliphatic rings. The first-order chi connectivity index (χ1) is 9.72. The maximum Gasteiger partial charge on any atom is 0.132 e. The standard InChI is InChI=1S/C14H18N6/c1-11-7-13(17-9-15-11)19-3-5-20(6-4-19)14-8-12(2)16-10-18-14/h7-10H,3-6H2,1-2H3. The van der Waals surface area contributed by atoms with Crippen LogP contribution in [0.2, 0.25) is 0 Å². The molecule has 2 aromatic rings. The van der Waals surface area contributed by atoms with E-state index in [1.54, 1.807) is 12.7 Å². The Morgan fingerprint density at radius 2 is 1.10 bits per heavy atom. The van der Waals surface area contributed by atoms with Crippen LogP contribution >= 0.6 is 0 Å². The SMILES string of the molecule is Cc1cc(N2CCN(c3cc(C)ncn3)CC2)ncn1. The summed E-state index contributed by atoms with van der Waals surface area (Å²) < 4.78 is 0. The van der Waals surface area contributed by atoms with Crippen molar-refractivity contribution in [2.75, 3.05) is 36.0 Å². The summed E-state index contributed by atoms with van der Waals surface area (Å²) in [5, 5.41) is 0. The molecule has 0 aromatic carbocycles. The molecule has 1 fully saturated rings. The molecule has 3 heterocycles. The van der Waals surface area contributed by atoms with Gasteiger partial charge in [0.2, 0.25) is 0 Å². The van der Waals surface area contributed by atoms with Gasteiger partial charge in [-0.3, -0.25) is 0 Å². The van der Waals surface area contributed by atoms with Crippen LogP contribution in [0.3, 0.4) is 0 Å². The molecule has 0 unspecified atom stereocenters. The van der Waals surface area contributed by atoms with Crippen LogP contribution in [0.15, 0.2) is 24.8 Å². The summed E-state index contributed by atoms with van der Waals surface area (Å²) in [5.41, 5.74) is 2.01. The van der Waals surface area contributed by atoms with Gasteiger partial charge >= 0.3 is 0 Å². The van der Waals surface area contributed by atoms with E-state index >= 15 is 0 Å². The Morgan fingerprint density at radius 3 is 1.45 bits per heavy atom. The van der Waals surface area contributed by atoms with E-state index in [1.807, 2.05) is 26.0 Å². The molecule has 1 saturated heterocycles. The van der Waals surface area contributed by atoms with Gasteiger partial charge in [0.25, 0.3) is 0 Å². The van der Waals surface area contributed by atoms with E-state index in [0.717, 1.165) is 49.2 Å². The van der Waals surface area contributed by atoms with Gasteiger partial charge < -0.3 is 9.80 Å². The first-order valence-corrected chi connectivity index (χ1v) is 6.79. The summed E-state index contributed by atoms with van der Waals surface area (Å²) in [7, 11) is 0. The number of hydrogen-bond donors (Lipinski definition) is 0. The fraction of sp³-hybridized carbons (Fsp3) is 0.429. The Kier molecular flexibility index (Phi) is 3.45. The number of hydrogen-bond acceptors (Lipinski definition) is 6. The largest absolute Gasteiger partial charge is 0.353 e. The van der Waals surface area contributed by atoms with E-state index in [-0.39, 0.29) is 0 Å². The molecule has 2 aromatic heterocycles. The van der Waals surface area contributed by atoms with Crippen LogP contribution in [0.25, 0.3) is 0 Å². The zero-order valence-electron chi connectivity index (χ0n) is 11.8. The third-order valence-electron chi connectivity index (χ3n) is 3.51. The highest BCUT2D eigenvalue weighted by Gasteiger charge is 2.19. The van der Waals surface area contributed by atoms with E-state index in [4.69, 9.17) is 0 Å². The van der Waals surface area contributed by atoms with Gasteiger partial charge in [-0.1, -0.05) is 0 Å². The summed E-state index contributed by atoms with van der Waals surface area (Å²) in [6.45, 7) is 7.76. The molecule has 0 aliphatic carbocycles. The van der Waals surface area contributed by atoms with E-state index in [9.17, 15) is 0 Å². The Labute approximate surface area is 118 Å². The third-order valence-corrected chi connectivity index (χ3v) is 3.51. The Morgan fingerprint density at radius 1 is 0.700 bits per heavy atom. The highest BCUT2D eigenvalue weighted by Crippen LogP contribution is 2.17. The molecule has 6 nitrogen and oxygen atoms in total. The molecule has 1 aliphatic heterocycles. The summed E-state index contributed by atoms with van der Waals surface area (Å²) in [6.07, 6.45) is 3.26. The molecule has 0 radical (unpaired) electrons. The van der Waals surface area contributed by atoms with Gasteiger partial charge in [0.05, 0.1) is 0 Å². The van der Waals surface area contributed by atoms with Gasteiger partial charge in [0.1, 0.15) is 24.3 Å². The third kappa shape index (κ3) is 2.68. The second kappa shape index (κ2) is 5.40. The van der Waals surface area contributed by atoms with Gasteiger partial charge in [-0.2, -0.15) is 0 Å². The van der Waals surface area contributed by atoms with Gasteiger partial charge in [-0.05, 0) is 13.8 Å². The van der Waals surface area contributed by atoms with Gasteiger partial charge in [-0.15, -0.1) is 0 Å². The van der Waals surface area contributed by atoms with Crippen molar-refractivity contribution in [3.05, 3.63) is 36.2 Å². The normalized spacial score (nSPS) is 15.5. The average Bonchev–Trinajstić information content (AvgIpc) is 2.47. The molecule has 0 saturated carbocycles. The molecule has 0 bridgehead atoms. The molecule has 20 heavy (non-hydrogen) atoms. The van der Waals surface area contributed by atoms with E-state index in [0.29, 0.717) is 0 Å². The first-order valence-electron chi connectivity index (χ1n) is 6.79. The van der Waals surface area contributed by atoms with Crippen LogP contribution in [0.5, 0.6) is 0 Å². The lowest BCUT2D eigenvalue weighted by Crippen LogP contribution is -2.47. The van der Waals surface area contributed by atoms with Gasteiger partial charge in [0.15, 0.2) is 0 Å². The van der Waals surface area contributed by atoms with Crippen LogP contribution in [-0.2, 0) is 0 Å². The molecule has 104 valence electrons. The minimum atomic E-state index is 0.944. The molecule has 0 spiro atoms. The topological polar surface area (TPSA) is 58.0 Å². The lowest BCUT2D eigenvalue weighted by atomic mass is 10.3. The predicted octanol–water partition coefficient (Wildman–Crippen LogP) is 1.21. The molecule has 0 atom stereocenters. The lowest BCUT2D eigenvalue weighted by molar-refractivity contribution is 0.639. The highest BCUT2D eigenvalue weighted by molar-refractivity contribution is 5.45. The Balaban J connectivity index is 1.68. The van der Waals surface area contributed by atoms with Crippen LogP contribution < -0.4 is 9.80 Å². The fourth-order valence-corrected chi connectivity index (χ4v) is 2.39. The molecule has 0 amide bonds. The van der Waals surface area contributed by atoms with Crippen molar-refractivity contribution in [1.29, 1.82) is 0 Å². The fourth-order valence-electron chi connectivity index (χ4n) is 2.39. The average molecular weight is 270 g/mol. The number of rotatable bonds is 2. The van der Waals surface area contributed by atoms with Crippen molar-refractivity contribution in [1.82, 2.24) is 19.9 Å². The second-order valence-corrected chi connectivity index (χ2v) is 5.01. The summed E-state index contributed by atoms with van der Waals surface area (Å²) in [5.74, 6) is 2.02. The Hall–Kier alpha value is -2.24. The maximum absolute atomic E-state index is 4.35. The molecule has 3 rings (SSSR count). The van der Waals surface area contributed by atoms with Crippen LogP contribution in [0, 0.1) is 13.8 Å². The zero-order valence-corrected chi connectivity index (χ0v) is 11.8. The monoisotopic (exact) mass is 270 g/mol. The minimum Gasteiger partial charge on any atom is -0.353 e. The number of aryl methyl sites for hydroxylation is 2. The van der Waals surface area contributed by atoms with Crippen LogP contribution in [0.4, 0.5) is 11.6 Å². The van der Waals surface area contributed by atoms with Crippen molar-refractivity contribution in [3.8, 4) is 0 Å². The Bertz CT molecular complexity index is 538. The second-order valence-electron chi connectivity index (χ2n) is 5.01. The number of piperazine rings is 1. The summed E-state index contributed by atoms with van der Waals surface area (Å²) in [4.78, 5) is 21.6. The number of aromatic nitrogens is 4. The number of nitrogens with zero attached hydrogens (tertiary/aromatic N) is 6.